The van der Waals surface area contributed by atoms with Crippen molar-refractivity contribution in [3.63, 3.8) is 0 Å². The number of ether oxygens (including phenoxy) is 1. The Hall–Kier alpha value is -0.650. The SMILES string of the molecule is CN(CCc1csc(N)n1)CC1CCCCO1. The number of nitrogen functional groups attached to an aromatic ring is 1. The molecule has 0 aromatic carbocycles. The van der Waals surface area contributed by atoms with Gasteiger partial charge in [0.05, 0.1) is 11.8 Å². The third-order valence-corrected chi connectivity index (χ3v) is 3.83. The van der Waals surface area contributed by atoms with E-state index in [2.05, 4.69) is 16.9 Å². The normalized spacial score (nSPS) is 20.9. The van der Waals surface area contributed by atoms with Gasteiger partial charge in [0.15, 0.2) is 5.13 Å². The molecule has 0 spiro atoms. The summed E-state index contributed by atoms with van der Waals surface area (Å²) in [5.74, 6) is 0. The summed E-state index contributed by atoms with van der Waals surface area (Å²) in [5.41, 5.74) is 6.71. The first-order chi connectivity index (χ1) is 8.24. The van der Waals surface area contributed by atoms with Gasteiger partial charge in [-0.3, -0.25) is 0 Å². The molecule has 1 aliphatic heterocycles. The van der Waals surface area contributed by atoms with E-state index in [0.717, 1.165) is 31.8 Å². The van der Waals surface area contributed by atoms with Crippen LogP contribution in [0.4, 0.5) is 5.13 Å². The van der Waals surface area contributed by atoms with Gasteiger partial charge in [-0.05, 0) is 26.3 Å². The molecule has 1 aromatic heterocycles. The molecule has 17 heavy (non-hydrogen) atoms. The lowest BCUT2D eigenvalue weighted by Gasteiger charge is -2.27. The Labute approximate surface area is 107 Å². The van der Waals surface area contributed by atoms with Gasteiger partial charge in [0.2, 0.25) is 0 Å². The Morgan fingerprint density at radius 3 is 3.12 bits per heavy atom. The lowest BCUT2D eigenvalue weighted by Crippen LogP contribution is -2.34. The number of thiazole rings is 1. The van der Waals surface area contributed by atoms with Crippen LogP contribution in [-0.2, 0) is 11.2 Å². The van der Waals surface area contributed by atoms with E-state index in [0.29, 0.717) is 11.2 Å². The zero-order chi connectivity index (χ0) is 12.1. The van der Waals surface area contributed by atoms with Crippen LogP contribution in [0.25, 0.3) is 0 Å². The number of nitrogens with two attached hydrogens (primary N) is 1. The van der Waals surface area contributed by atoms with E-state index in [1.807, 2.05) is 5.38 Å². The third-order valence-electron chi connectivity index (χ3n) is 3.11. The zero-order valence-electron chi connectivity index (χ0n) is 10.4. The lowest BCUT2D eigenvalue weighted by molar-refractivity contribution is -0.00127. The quantitative estimate of drug-likeness (QED) is 0.871. The standard InChI is InChI=1S/C12H21N3OS/c1-15(8-11-4-2-3-7-16-11)6-5-10-9-17-12(13)14-10/h9,11H,2-8H2,1H3,(H2,13,14). The fraction of sp³-hybridized carbons (Fsp3) is 0.750. The summed E-state index contributed by atoms with van der Waals surface area (Å²) >= 11 is 1.52. The summed E-state index contributed by atoms with van der Waals surface area (Å²) in [7, 11) is 2.15. The average Bonchev–Trinajstić information content (AvgIpc) is 2.74. The second-order valence-electron chi connectivity index (χ2n) is 4.68. The fourth-order valence-corrected chi connectivity index (χ4v) is 2.73. The van der Waals surface area contributed by atoms with Gasteiger partial charge in [-0.1, -0.05) is 0 Å². The van der Waals surface area contributed by atoms with Gasteiger partial charge >= 0.3 is 0 Å². The van der Waals surface area contributed by atoms with E-state index in [1.54, 1.807) is 0 Å². The highest BCUT2D eigenvalue weighted by Gasteiger charge is 2.15. The minimum atomic E-state index is 0.425. The van der Waals surface area contributed by atoms with Crippen LogP contribution in [-0.4, -0.2) is 42.7 Å². The van der Waals surface area contributed by atoms with Crippen LogP contribution >= 0.6 is 11.3 Å². The minimum Gasteiger partial charge on any atom is -0.377 e. The van der Waals surface area contributed by atoms with Crippen molar-refractivity contribution >= 4 is 16.5 Å². The first-order valence-electron chi connectivity index (χ1n) is 6.24. The van der Waals surface area contributed by atoms with E-state index in [9.17, 15) is 0 Å². The van der Waals surface area contributed by atoms with Crippen molar-refractivity contribution in [2.45, 2.75) is 31.8 Å². The van der Waals surface area contributed by atoms with Crippen molar-refractivity contribution < 1.29 is 4.74 Å². The highest BCUT2D eigenvalue weighted by Crippen LogP contribution is 2.14. The molecule has 0 saturated carbocycles. The molecule has 0 aliphatic carbocycles. The molecule has 1 atom stereocenters. The Bertz CT molecular complexity index is 336. The zero-order valence-corrected chi connectivity index (χ0v) is 11.2. The summed E-state index contributed by atoms with van der Waals surface area (Å²) in [6.07, 6.45) is 5.12. The van der Waals surface area contributed by atoms with Gasteiger partial charge in [0.25, 0.3) is 0 Å². The highest BCUT2D eigenvalue weighted by atomic mass is 32.1. The van der Waals surface area contributed by atoms with Gasteiger partial charge < -0.3 is 15.4 Å². The predicted molar refractivity (Wildman–Crippen MR) is 71.3 cm³/mol. The van der Waals surface area contributed by atoms with E-state index in [1.165, 1.54) is 30.6 Å². The van der Waals surface area contributed by atoms with Crippen molar-refractivity contribution in [1.29, 1.82) is 0 Å². The minimum absolute atomic E-state index is 0.425. The molecule has 96 valence electrons. The summed E-state index contributed by atoms with van der Waals surface area (Å²) in [6, 6.07) is 0. The number of hydrogen-bond donors (Lipinski definition) is 1. The van der Waals surface area contributed by atoms with Gasteiger partial charge in [0, 0.05) is 31.5 Å². The third kappa shape index (κ3) is 4.26. The van der Waals surface area contributed by atoms with Crippen LogP contribution in [0.15, 0.2) is 5.38 Å². The largest absolute Gasteiger partial charge is 0.377 e. The Balaban J connectivity index is 1.68. The van der Waals surface area contributed by atoms with Crippen LogP contribution in [0, 0.1) is 0 Å². The molecule has 1 aromatic rings. The van der Waals surface area contributed by atoms with Crippen LogP contribution < -0.4 is 5.73 Å². The smallest absolute Gasteiger partial charge is 0.180 e. The first kappa shape index (κ1) is 12.8. The molecule has 1 aliphatic rings. The van der Waals surface area contributed by atoms with E-state index in [-0.39, 0.29) is 0 Å². The molecule has 1 fully saturated rings. The van der Waals surface area contributed by atoms with Crippen molar-refractivity contribution in [1.82, 2.24) is 9.88 Å². The highest BCUT2D eigenvalue weighted by molar-refractivity contribution is 7.13. The number of aromatic nitrogens is 1. The lowest BCUT2D eigenvalue weighted by atomic mass is 10.1. The summed E-state index contributed by atoms with van der Waals surface area (Å²) < 4.78 is 5.73. The molecule has 0 amide bonds. The van der Waals surface area contributed by atoms with E-state index in [4.69, 9.17) is 10.5 Å². The van der Waals surface area contributed by atoms with Crippen molar-refractivity contribution in [3.05, 3.63) is 11.1 Å². The van der Waals surface area contributed by atoms with Gasteiger partial charge in [-0.15, -0.1) is 11.3 Å². The fourth-order valence-electron chi connectivity index (χ4n) is 2.13. The summed E-state index contributed by atoms with van der Waals surface area (Å²) in [5, 5.41) is 2.71. The Morgan fingerprint density at radius 1 is 1.59 bits per heavy atom. The molecular formula is C12H21N3OS. The molecule has 1 saturated heterocycles. The second kappa shape index (κ2) is 6.33. The average molecular weight is 255 g/mol. The van der Waals surface area contributed by atoms with E-state index >= 15 is 0 Å². The first-order valence-corrected chi connectivity index (χ1v) is 7.12. The van der Waals surface area contributed by atoms with Crippen molar-refractivity contribution in [3.8, 4) is 0 Å². The van der Waals surface area contributed by atoms with Crippen LogP contribution in [0.5, 0.6) is 0 Å². The Morgan fingerprint density at radius 2 is 2.47 bits per heavy atom. The molecule has 5 heteroatoms. The molecule has 1 unspecified atom stereocenters. The summed E-state index contributed by atoms with van der Waals surface area (Å²) in [6.45, 7) is 2.98. The number of anilines is 1. The maximum Gasteiger partial charge on any atom is 0.180 e. The number of nitrogens with zero attached hydrogens (tertiary/aromatic N) is 2. The molecule has 4 nitrogen and oxygen atoms in total. The molecule has 2 heterocycles. The molecule has 2 N–H and O–H groups in total. The molecule has 2 rings (SSSR count). The maximum atomic E-state index is 5.73. The Kier molecular flexibility index (Phi) is 4.76. The van der Waals surface area contributed by atoms with Crippen LogP contribution in [0.1, 0.15) is 25.0 Å². The molecule has 0 radical (unpaired) electrons. The van der Waals surface area contributed by atoms with Crippen molar-refractivity contribution in [2.24, 2.45) is 0 Å². The predicted octanol–water partition coefficient (Wildman–Crippen LogP) is 1.77. The van der Waals surface area contributed by atoms with Gasteiger partial charge in [-0.2, -0.15) is 0 Å². The monoisotopic (exact) mass is 255 g/mol. The number of hydrogen-bond acceptors (Lipinski definition) is 5. The van der Waals surface area contributed by atoms with Crippen molar-refractivity contribution in [2.75, 3.05) is 32.5 Å². The second-order valence-corrected chi connectivity index (χ2v) is 5.57. The molecule has 0 bridgehead atoms. The number of likely N-dealkylation sites (N-methyl/N-ethyl adjacent to an activating group) is 1. The van der Waals surface area contributed by atoms with Crippen LogP contribution in [0.3, 0.4) is 0 Å². The van der Waals surface area contributed by atoms with Crippen LogP contribution in [0.2, 0.25) is 0 Å². The van der Waals surface area contributed by atoms with E-state index < -0.39 is 0 Å². The van der Waals surface area contributed by atoms with Gasteiger partial charge in [0.1, 0.15) is 0 Å². The number of rotatable bonds is 5. The maximum absolute atomic E-state index is 5.73. The van der Waals surface area contributed by atoms with Gasteiger partial charge in [-0.25, -0.2) is 4.98 Å². The molecular weight excluding hydrogens is 234 g/mol. The topological polar surface area (TPSA) is 51.4 Å². The summed E-state index contributed by atoms with van der Waals surface area (Å²) in [4.78, 5) is 6.59.